The first-order chi connectivity index (χ1) is 7.79. The summed E-state index contributed by atoms with van der Waals surface area (Å²) in [6.07, 6.45) is -1.48. The highest BCUT2D eigenvalue weighted by Gasteiger charge is 2.34. The van der Waals surface area contributed by atoms with Gasteiger partial charge in [0.25, 0.3) is 0 Å². The summed E-state index contributed by atoms with van der Waals surface area (Å²) in [7, 11) is 0. The van der Waals surface area contributed by atoms with Crippen LogP contribution in [0.5, 0.6) is 0 Å². The van der Waals surface area contributed by atoms with Gasteiger partial charge in [-0.3, -0.25) is 0 Å². The van der Waals surface area contributed by atoms with Gasteiger partial charge < -0.3 is 5.11 Å². The second-order valence-electron chi connectivity index (χ2n) is 5.00. The minimum atomic E-state index is -4.32. The van der Waals surface area contributed by atoms with Crippen molar-refractivity contribution in [2.24, 2.45) is 5.92 Å². The molecule has 0 radical (unpaired) electrons. The molecule has 0 aliphatic heterocycles. The molecule has 94 valence electrons. The highest BCUT2D eigenvalue weighted by Crippen LogP contribution is 2.41. The molecule has 1 aromatic rings. The van der Waals surface area contributed by atoms with Gasteiger partial charge in [0.05, 0.1) is 11.2 Å². The number of hydrogen-bond donors (Lipinski definition) is 1. The fraction of sp³-hybridized carbons (Fsp3) is 0.538. The Morgan fingerprint density at radius 3 is 2.00 bits per heavy atom. The van der Waals surface area contributed by atoms with E-state index < -0.39 is 17.3 Å². The Kier molecular flexibility index (Phi) is 2.94. The van der Waals surface area contributed by atoms with E-state index in [2.05, 4.69) is 0 Å². The zero-order valence-electron chi connectivity index (χ0n) is 9.59. The maximum atomic E-state index is 12.4. The van der Waals surface area contributed by atoms with Crippen molar-refractivity contribution in [1.29, 1.82) is 0 Å². The maximum Gasteiger partial charge on any atom is 0.416 e. The Balaban J connectivity index is 2.16. The molecular weight excluding hydrogens is 229 g/mol. The molecule has 1 aromatic carbocycles. The average molecular weight is 244 g/mol. The minimum absolute atomic E-state index is 0.521. The molecule has 17 heavy (non-hydrogen) atoms. The van der Waals surface area contributed by atoms with E-state index in [-0.39, 0.29) is 0 Å². The molecule has 1 fully saturated rings. The van der Waals surface area contributed by atoms with Gasteiger partial charge in [0, 0.05) is 0 Å². The molecule has 0 saturated heterocycles. The highest BCUT2D eigenvalue weighted by atomic mass is 19.4. The predicted molar refractivity (Wildman–Crippen MR) is 58.4 cm³/mol. The van der Waals surface area contributed by atoms with Gasteiger partial charge >= 0.3 is 6.18 Å². The first kappa shape index (κ1) is 12.4. The van der Waals surface area contributed by atoms with Crippen LogP contribution >= 0.6 is 0 Å². The lowest BCUT2D eigenvalue weighted by atomic mass is 9.90. The normalized spacial score (nSPS) is 20.1. The van der Waals surface area contributed by atoms with Crippen LogP contribution in [0.2, 0.25) is 0 Å². The number of hydrogen-bond acceptors (Lipinski definition) is 1. The third-order valence-electron chi connectivity index (χ3n) is 3.22. The second-order valence-corrected chi connectivity index (χ2v) is 5.00. The summed E-state index contributed by atoms with van der Waals surface area (Å²) in [4.78, 5) is 0. The molecular formula is C13H15F3O. The van der Waals surface area contributed by atoms with E-state index in [1.165, 1.54) is 12.1 Å². The lowest BCUT2D eigenvalue weighted by Gasteiger charge is -2.24. The van der Waals surface area contributed by atoms with Crippen molar-refractivity contribution >= 4 is 0 Å². The zero-order valence-corrected chi connectivity index (χ0v) is 9.59. The van der Waals surface area contributed by atoms with Gasteiger partial charge in [0.2, 0.25) is 0 Å². The molecule has 1 aliphatic carbocycles. The molecule has 0 aromatic heterocycles. The number of benzene rings is 1. The van der Waals surface area contributed by atoms with E-state index >= 15 is 0 Å². The van der Waals surface area contributed by atoms with Crippen molar-refractivity contribution in [3.8, 4) is 0 Å². The topological polar surface area (TPSA) is 20.2 Å². The van der Waals surface area contributed by atoms with Crippen LogP contribution in [-0.2, 0) is 11.8 Å². The summed E-state index contributed by atoms with van der Waals surface area (Å²) in [5.74, 6) is 0.521. The maximum absolute atomic E-state index is 12.4. The molecule has 1 nitrogen and oxygen atoms in total. The average Bonchev–Trinajstić information content (AvgIpc) is 3.00. The van der Waals surface area contributed by atoms with Gasteiger partial charge in [-0.2, -0.15) is 13.2 Å². The van der Waals surface area contributed by atoms with E-state index in [0.717, 1.165) is 25.0 Å². The molecule has 1 unspecified atom stereocenters. The Hall–Kier alpha value is -1.03. The quantitative estimate of drug-likeness (QED) is 0.859. The predicted octanol–water partition coefficient (Wildman–Crippen LogP) is 3.71. The lowest BCUT2D eigenvalue weighted by Crippen LogP contribution is -2.22. The molecule has 1 N–H and O–H groups in total. The van der Waals surface area contributed by atoms with Crippen molar-refractivity contribution in [2.45, 2.75) is 38.0 Å². The van der Waals surface area contributed by atoms with Crippen LogP contribution in [0.1, 0.15) is 37.3 Å². The third-order valence-corrected chi connectivity index (χ3v) is 3.22. The van der Waals surface area contributed by atoms with Crippen molar-refractivity contribution in [3.63, 3.8) is 0 Å². The summed E-state index contributed by atoms with van der Waals surface area (Å²) in [5.41, 5.74) is -1.15. The van der Waals surface area contributed by atoms with Crippen LogP contribution in [0, 0.1) is 5.92 Å². The summed E-state index contributed by atoms with van der Waals surface area (Å²) in [6, 6.07) is 4.78. The van der Waals surface area contributed by atoms with Crippen LogP contribution in [0.15, 0.2) is 24.3 Å². The molecule has 0 bridgehead atoms. The highest BCUT2D eigenvalue weighted by molar-refractivity contribution is 5.28. The van der Waals surface area contributed by atoms with E-state index in [0.29, 0.717) is 17.9 Å². The van der Waals surface area contributed by atoms with E-state index in [9.17, 15) is 18.3 Å². The summed E-state index contributed by atoms with van der Waals surface area (Å²) >= 11 is 0. The van der Waals surface area contributed by atoms with Gasteiger partial charge in [0.1, 0.15) is 0 Å². The SMILES string of the molecule is CC(O)(CC1CC1)c1ccc(C(F)(F)F)cc1. The molecule has 0 spiro atoms. The minimum Gasteiger partial charge on any atom is -0.385 e. The molecule has 4 heteroatoms. The van der Waals surface area contributed by atoms with Gasteiger partial charge in [-0.25, -0.2) is 0 Å². The number of halogens is 3. The molecule has 2 rings (SSSR count). The third kappa shape index (κ3) is 3.00. The van der Waals surface area contributed by atoms with E-state index in [1.807, 2.05) is 0 Å². The van der Waals surface area contributed by atoms with Crippen LogP contribution in [-0.4, -0.2) is 5.11 Å². The fourth-order valence-electron chi connectivity index (χ4n) is 2.02. The first-order valence-electron chi connectivity index (χ1n) is 5.69. The van der Waals surface area contributed by atoms with Gasteiger partial charge in [0.15, 0.2) is 0 Å². The van der Waals surface area contributed by atoms with Crippen molar-refractivity contribution in [1.82, 2.24) is 0 Å². The van der Waals surface area contributed by atoms with E-state index in [4.69, 9.17) is 0 Å². The van der Waals surface area contributed by atoms with Crippen molar-refractivity contribution in [3.05, 3.63) is 35.4 Å². The molecule has 1 aliphatic rings. The number of alkyl halides is 3. The molecule has 0 heterocycles. The monoisotopic (exact) mass is 244 g/mol. The summed E-state index contributed by atoms with van der Waals surface area (Å²) in [5, 5.41) is 10.2. The standard InChI is InChI=1S/C13H15F3O/c1-12(17,8-9-2-3-9)10-4-6-11(7-5-10)13(14,15)16/h4-7,9,17H,2-3,8H2,1H3. The molecule has 1 saturated carbocycles. The molecule has 0 amide bonds. The van der Waals surface area contributed by atoms with Crippen molar-refractivity contribution in [2.75, 3.05) is 0 Å². The van der Waals surface area contributed by atoms with E-state index in [1.54, 1.807) is 6.92 Å². The van der Waals surface area contributed by atoms with Crippen LogP contribution in [0.4, 0.5) is 13.2 Å². The van der Waals surface area contributed by atoms with Crippen LogP contribution in [0.3, 0.4) is 0 Å². The summed E-state index contributed by atoms with van der Waals surface area (Å²) in [6.45, 7) is 1.66. The first-order valence-corrected chi connectivity index (χ1v) is 5.69. The Labute approximate surface area is 98.3 Å². The fourth-order valence-corrected chi connectivity index (χ4v) is 2.02. The van der Waals surface area contributed by atoms with Gasteiger partial charge in [-0.05, 0) is 37.0 Å². The van der Waals surface area contributed by atoms with Crippen LogP contribution in [0.25, 0.3) is 0 Å². The Morgan fingerprint density at radius 2 is 1.59 bits per heavy atom. The number of aliphatic hydroxyl groups is 1. The van der Waals surface area contributed by atoms with Gasteiger partial charge in [-0.15, -0.1) is 0 Å². The molecule has 1 atom stereocenters. The smallest absolute Gasteiger partial charge is 0.385 e. The second kappa shape index (κ2) is 4.02. The Bertz CT molecular complexity index is 388. The largest absolute Gasteiger partial charge is 0.416 e. The van der Waals surface area contributed by atoms with Crippen molar-refractivity contribution < 1.29 is 18.3 Å². The van der Waals surface area contributed by atoms with Gasteiger partial charge in [-0.1, -0.05) is 25.0 Å². The lowest BCUT2D eigenvalue weighted by molar-refractivity contribution is -0.137. The van der Waals surface area contributed by atoms with Crippen LogP contribution < -0.4 is 0 Å². The number of rotatable bonds is 3. The summed E-state index contributed by atoms with van der Waals surface area (Å²) < 4.78 is 37.1. The zero-order chi connectivity index (χ0) is 12.7. The Morgan fingerprint density at radius 1 is 1.12 bits per heavy atom.